The molecule has 0 unspecified atom stereocenters. The average molecular weight is 348 g/mol. The van der Waals surface area contributed by atoms with Gasteiger partial charge in [-0.05, 0) is 35.1 Å². The van der Waals surface area contributed by atoms with Crippen molar-refractivity contribution >= 4 is 27.4 Å². The molecule has 1 aromatic heterocycles. The van der Waals surface area contributed by atoms with Gasteiger partial charge in [-0.15, -0.1) is 11.3 Å². The summed E-state index contributed by atoms with van der Waals surface area (Å²) in [7, 11) is -3.39. The summed E-state index contributed by atoms with van der Waals surface area (Å²) in [6.07, 6.45) is 2.68. The van der Waals surface area contributed by atoms with Crippen molar-refractivity contribution in [2.24, 2.45) is 0 Å². The van der Waals surface area contributed by atoms with Crippen LogP contribution >= 0.6 is 11.3 Å². The highest BCUT2D eigenvalue weighted by Gasteiger charge is 2.17. The molecular formula is C17H20N2O2S2. The van der Waals surface area contributed by atoms with Crippen molar-refractivity contribution in [2.75, 3.05) is 19.6 Å². The lowest BCUT2D eigenvalue weighted by Gasteiger charge is -2.26. The summed E-state index contributed by atoms with van der Waals surface area (Å²) < 4.78 is 26.6. The van der Waals surface area contributed by atoms with Crippen LogP contribution in [0.3, 0.4) is 0 Å². The third-order valence-corrected chi connectivity index (χ3v) is 5.98. The Kier molecular flexibility index (Phi) is 5.27. The van der Waals surface area contributed by atoms with Crippen LogP contribution in [0.15, 0.2) is 47.2 Å². The molecule has 2 aromatic rings. The van der Waals surface area contributed by atoms with E-state index in [1.54, 1.807) is 6.08 Å². The normalized spacial score (nSPS) is 15.8. The quantitative estimate of drug-likeness (QED) is 0.873. The molecule has 1 aromatic carbocycles. The van der Waals surface area contributed by atoms with E-state index < -0.39 is 10.0 Å². The summed E-state index contributed by atoms with van der Waals surface area (Å²) in [5, 5.41) is 3.36. The number of sulfonamides is 1. The van der Waals surface area contributed by atoms with Crippen molar-refractivity contribution < 1.29 is 8.42 Å². The Morgan fingerprint density at radius 3 is 2.87 bits per heavy atom. The van der Waals surface area contributed by atoms with E-state index in [0.29, 0.717) is 6.54 Å². The van der Waals surface area contributed by atoms with Crippen LogP contribution in [0.4, 0.5) is 0 Å². The summed E-state index contributed by atoms with van der Waals surface area (Å²) in [6, 6.07) is 11.6. The van der Waals surface area contributed by atoms with Crippen molar-refractivity contribution in [2.45, 2.75) is 13.0 Å². The Labute approximate surface area is 141 Å². The molecule has 3 rings (SSSR count). The molecule has 1 aliphatic heterocycles. The fourth-order valence-electron chi connectivity index (χ4n) is 2.62. The van der Waals surface area contributed by atoms with Crippen molar-refractivity contribution in [3.63, 3.8) is 0 Å². The van der Waals surface area contributed by atoms with Crippen LogP contribution in [0.5, 0.6) is 0 Å². The summed E-state index contributed by atoms with van der Waals surface area (Å²) in [5.41, 5.74) is 2.26. The minimum atomic E-state index is -3.39. The van der Waals surface area contributed by atoms with E-state index in [-0.39, 0.29) is 0 Å². The predicted octanol–water partition coefficient (Wildman–Crippen LogP) is 2.70. The van der Waals surface area contributed by atoms with E-state index in [1.807, 2.05) is 41.7 Å². The second-order valence-corrected chi connectivity index (χ2v) is 8.20. The zero-order chi connectivity index (χ0) is 16.1. The molecule has 0 saturated heterocycles. The van der Waals surface area contributed by atoms with Crippen LogP contribution in [0.1, 0.15) is 16.0 Å². The molecule has 4 nitrogen and oxygen atoms in total. The Morgan fingerprint density at radius 1 is 1.22 bits per heavy atom. The maximum absolute atomic E-state index is 12.0. The molecule has 0 saturated carbocycles. The number of nitrogens with zero attached hydrogens (tertiary/aromatic N) is 1. The fourth-order valence-corrected chi connectivity index (χ4v) is 4.32. The number of nitrogens with one attached hydrogen (secondary N) is 1. The Morgan fingerprint density at radius 2 is 2.04 bits per heavy atom. The third-order valence-electron chi connectivity index (χ3n) is 3.86. The minimum Gasteiger partial charge on any atom is -0.297 e. The Bertz CT molecular complexity index is 767. The maximum atomic E-state index is 12.0. The standard InChI is InChI=1S/C17H20N2O2S2/c20-23(21,13-8-15-4-2-1-3-5-15)18-9-11-19-10-6-17-16(14-19)7-12-22-17/h1-5,7-8,12-13,18H,6,9-11,14H2/b13-8+. The van der Waals surface area contributed by atoms with Gasteiger partial charge in [-0.25, -0.2) is 13.1 Å². The van der Waals surface area contributed by atoms with Gasteiger partial charge >= 0.3 is 0 Å². The molecule has 0 radical (unpaired) electrons. The van der Waals surface area contributed by atoms with Gasteiger partial charge < -0.3 is 0 Å². The van der Waals surface area contributed by atoms with Crippen LogP contribution in [-0.2, 0) is 23.0 Å². The lowest BCUT2D eigenvalue weighted by Crippen LogP contribution is -2.36. The molecule has 0 atom stereocenters. The first-order chi connectivity index (χ1) is 11.1. The molecule has 122 valence electrons. The van der Waals surface area contributed by atoms with E-state index in [9.17, 15) is 8.42 Å². The summed E-state index contributed by atoms with van der Waals surface area (Å²) in [4.78, 5) is 3.76. The number of fused-ring (bicyclic) bond motifs is 1. The lowest BCUT2D eigenvalue weighted by atomic mass is 10.1. The second-order valence-electron chi connectivity index (χ2n) is 5.55. The van der Waals surface area contributed by atoms with Crippen molar-refractivity contribution in [1.82, 2.24) is 9.62 Å². The molecule has 0 aliphatic carbocycles. The Hall–Kier alpha value is -1.47. The maximum Gasteiger partial charge on any atom is 0.233 e. The molecule has 2 heterocycles. The first-order valence-electron chi connectivity index (χ1n) is 7.63. The summed E-state index contributed by atoms with van der Waals surface area (Å²) in [5.74, 6) is 0. The van der Waals surface area contributed by atoms with Gasteiger partial charge in [0.05, 0.1) is 0 Å². The summed E-state index contributed by atoms with van der Waals surface area (Å²) >= 11 is 1.81. The van der Waals surface area contributed by atoms with Gasteiger partial charge in [-0.1, -0.05) is 30.3 Å². The molecule has 0 amide bonds. The number of benzene rings is 1. The molecule has 1 aliphatic rings. The number of rotatable bonds is 6. The van der Waals surface area contributed by atoms with Gasteiger partial charge in [0, 0.05) is 36.5 Å². The van der Waals surface area contributed by atoms with Gasteiger partial charge in [0.1, 0.15) is 0 Å². The van der Waals surface area contributed by atoms with Crippen molar-refractivity contribution in [3.8, 4) is 0 Å². The molecule has 0 bridgehead atoms. The molecule has 6 heteroatoms. The van der Waals surface area contributed by atoms with Gasteiger partial charge in [-0.2, -0.15) is 0 Å². The van der Waals surface area contributed by atoms with E-state index in [1.165, 1.54) is 15.8 Å². The first-order valence-corrected chi connectivity index (χ1v) is 10.1. The molecule has 23 heavy (non-hydrogen) atoms. The SMILES string of the molecule is O=S(=O)(/C=C/c1ccccc1)NCCN1CCc2sccc2C1. The van der Waals surface area contributed by atoms with Gasteiger partial charge in [0.25, 0.3) is 0 Å². The van der Waals surface area contributed by atoms with Crippen LogP contribution in [0, 0.1) is 0 Å². The molecular weight excluding hydrogens is 328 g/mol. The van der Waals surface area contributed by atoms with Crippen LogP contribution in [-0.4, -0.2) is 33.0 Å². The number of hydrogen-bond donors (Lipinski definition) is 1. The van der Waals surface area contributed by atoms with Crippen LogP contribution in [0.25, 0.3) is 6.08 Å². The first kappa shape index (κ1) is 16.4. The van der Waals surface area contributed by atoms with Gasteiger partial charge in [0.15, 0.2) is 0 Å². The topological polar surface area (TPSA) is 49.4 Å². The highest BCUT2D eigenvalue weighted by atomic mass is 32.2. The molecule has 1 N–H and O–H groups in total. The third kappa shape index (κ3) is 4.75. The van der Waals surface area contributed by atoms with E-state index >= 15 is 0 Å². The predicted molar refractivity (Wildman–Crippen MR) is 95.7 cm³/mol. The largest absolute Gasteiger partial charge is 0.297 e. The van der Waals surface area contributed by atoms with Crippen LogP contribution < -0.4 is 4.72 Å². The molecule has 0 fully saturated rings. The van der Waals surface area contributed by atoms with E-state index in [0.717, 1.165) is 31.6 Å². The fraction of sp³-hybridized carbons (Fsp3) is 0.294. The highest BCUT2D eigenvalue weighted by Crippen LogP contribution is 2.23. The average Bonchev–Trinajstić information content (AvgIpc) is 3.02. The van der Waals surface area contributed by atoms with Crippen LogP contribution in [0.2, 0.25) is 0 Å². The monoisotopic (exact) mass is 348 g/mol. The number of hydrogen-bond acceptors (Lipinski definition) is 4. The molecule has 0 spiro atoms. The smallest absolute Gasteiger partial charge is 0.233 e. The van der Waals surface area contributed by atoms with E-state index in [4.69, 9.17) is 0 Å². The van der Waals surface area contributed by atoms with Crippen molar-refractivity contribution in [1.29, 1.82) is 0 Å². The minimum absolute atomic E-state index is 0.431. The zero-order valence-electron chi connectivity index (χ0n) is 12.8. The number of thiophene rings is 1. The summed E-state index contributed by atoms with van der Waals surface area (Å²) in [6.45, 7) is 3.07. The van der Waals surface area contributed by atoms with E-state index in [2.05, 4.69) is 21.1 Å². The van der Waals surface area contributed by atoms with Crippen molar-refractivity contribution in [3.05, 3.63) is 63.2 Å². The van der Waals surface area contributed by atoms with Gasteiger partial charge in [-0.3, -0.25) is 4.90 Å². The lowest BCUT2D eigenvalue weighted by molar-refractivity contribution is 0.261. The Balaban J connectivity index is 1.47. The van der Waals surface area contributed by atoms with Gasteiger partial charge in [0.2, 0.25) is 10.0 Å². The highest BCUT2D eigenvalue weighted by molar-refractivity contribution is 7.92. The second kappa shape index (κ2) is 7.40. The zero-order valence-corrected chi connectivity index (χ0v) is 14.4.